The highest BCUT2D eigenvalue weighted by atomic mass is 16.3. The summed E-state index contributed by atoms with van der Waals surface area (Å²) >= 11 is 0. The van der Waals surface area contributed by atoms with Gasteiger partial charge in [-0.3, -0.25) is 4.90 Å². The molecule has 0 bridgehead atoms. The summed E-state index contributed by atoms with van der Waals surface area (Å²) in [5.41, 5.74) is 1.31. The van der Waals surface area contributed by atoms with E-state index in [-0.39, 0.29) is 0 Å². The zero-order valence-corrected chi connectivity index (χ0v) is 12.6. The lowest BCUT2D eigenvalue weighted by molar-refractivity contribution is 0.282. The van der Waals surface area contributed by atoms with Crippen molar-refractivity contribution in [3.05, 3.63) is 23.7 Å². The van der Waals surface area contributed by atoms with Crippen molar-refractivity contribution in [3.63, 3.8) is 0 Å². The quantitative estimate of drug-likeness (QED) is 0.818. The fourth-order valence-electron chi connectivity index (χ4n) is 2.88. The van der Waals surface area contributed by atoms with Crippen molar-refractivity contribution in [2.75, 3.05) is 13.1 Å². The summed E-state index contributed by atoms with van der Waals surface area (Å²) < 4.78 is 5.67. The number of nitrogens with zero attached hydrogens (tertiary/aromatic N) is 1. The van der Waals surface area contributed by atoms with Gasteiger partial charge in [0.2, 0.25) is 0 Å². The van der Waals surface area contributed by atoms with Crippen molar-refractivity contribution in [2.24, 2.45) is 5.92 Å². The monoisotopic (exact) mass is 264 g/mol. The molecule has 0 spiro atoms. The van der Waals surface area contributed by atoms with Crippen LogP contribution in [0.1, 0.15) is 51.4 Å². The molecule has 1 unspecified atom stereocenters. The highest BCUT2D eigenvalue weighted by Crippen LogP contribution is 2.23. The third-order valence-electron chi connectivity index (χ3n) is 3.97. The standard InChI is InChI=1S/C16H28N2O/c1-4-5-14-6-8-18(11-14)12-16-15(7-9-19-16)10-17-13(2)3/h7,9,13-14,17H,4-6,8,10-12H2,1-3H3. The van der Waals surface area contributed by atoms with Crippen molar-refractivity contribution in [1.82, 2.24) is 10.2 Å². The van der Waals surface area contributed by atoms with Gasteiger partial charge in [-0.25, -0.2) is 0 Å². The van der Waals surface area contributed by atoms with Crippen LogP contribution in [0, 0.1) is 5.92 Å². The first-order valence-corrected chi connectivity index (χ1v) is 7.70. The Hall–Kier alpha value is -0.800. The van der Waals surface area contributed by atoms with Crippen LogP contribution in [0.15, 0.2) is 16.7 Å². The van der Waals surface area contributed by atoms with E-state index >= 15 is 0 Å². The number of likely N-dealkylation sites (tertiary alicyclic amines) is 1. The summed E-state index contributed by atoms with van der Waals surface area (Å²) in [6.45, 7) is 11.0. The summed E-state index contributed by atoms with van der Waals surface area (Å²) in [5.74, 6) is 2.04. The van der Waals surface area contributed by atoms with Crippen LogP contribution in [-0.4, -0.2) is 24.0 Å². The van der Waals surface area contributed by atoms with Gasteiger partial charge in [-0.2, -0.15) is 0 Å². The Morgan fingerprint density at radius 2 is 2.32 bits per heavy atom. The van der Waals surface area contributed by atoms with E-state index in [0.29, 0.717) is 6.04 Å². The number of hydrogen-bond acceptors (Lipinski definition) is 3. The second-order valence-corrected chi connectivity index (χ2v) is 6.08. The van der Waals surface area contributed by atoms with Gasteiger partial charge in [0.25, 0.3) is 0 Å². The molecule has 1 fully saturated rings. The average Bonchev–Trinajstić information content (AvgIpc) is 2.97. The third-order valence-corrected chi connectivity index (χ3v) is 3.97. The van der Waals surface area contributed by atoms with Crippen LogP contribution in [0.25, 0.3) is 0 Å². The second-order valence-electron chi connectivity index (χ2n) is 6.08. The minimum absolute atomic E-state index is 0.517. The van der Waals surface area contributed by atoms with Crippen LogP contribution < -0.4 is 5.32 Å². The maximum atomic E-state index is 5.67. The van der Waals surface area contributed by atoms with Gasteiger partial charge >= 0.3 is 0 Å². The maximum absolute atomic E-state index is 5.67. The first-order valence-electron chi connectivity index (χ1n) is 7.70. The minimum atomic E-state index is 0.517. The highest BCUT2D eigenvalue weighted by molar-refractivity contribution is 5.17. The maximum Gasteiger partial charge on any atom is 0.122 e. The van der Waals surface area contributed by atoms with Crippen molar-refractivity contribution in [3.8, 4) is 0 Å². The zero-order chi connectivity index (χ0) is 13.7. The summed E-state index contributed by atoms with van der Waals surface area (Å²) in [5, 5.41) is 3.46. The molecular formula is C16H28N2O. The van der Waals surface area contributed by atoms with E-state index < -0.39 is 0 Å². The Labute approximate surface area is 117 Å². The predicted octanol–water partition coefficient (Wildman–Crippen LogP) is 3.40. The van der Waals surface area contributed by atoms with Gasteiger partial charge in [-0.1, -0.05) is 27.2 Å². The summed E-state index contributed by atoms with van der Waals surface area (Å²) in [4.78, 5) is 2.54. The molecular weight excluding hydrogens is 236 g/mol. The van der Waals surface area contributed by atoms with E-state index in [1.165, 1.54) is 37.9 Å². The Bertz CT molecular complexity index is 373. The largest absolute Gasteiger partial charge is 0.468 e. The summed E-state index contributed by atoms with van der Waals surface area (Å²) in [7, 11) is 0. The first-order chi connectivity index (χ1) is 9.19. The van der Waals surface area contributed by atoms with Crippen LogP contribution in [0.5, 0.6) is 0 Å². The molecule has 108 valence electrons. The fourth-order valence-corrected chi connectivity index (χ4v) is 2.88. The van der Waals surface area contributed by atoms with Crippen LogP contribution in [0.2, 0.25) is 0 Å². The number of rotatable bonds is 7. The van der Waals surface area contributed by atoms with E-state index in [0.717, 1.165) is 24.8 Å². The van der Waals surface area contributed by atoms with Crippen molar-refractivity contribution in [2.45, 2.75) is 59.2 Å². The molecule has 1 saturated heterocycles. The molecule has 0 radical (unpaired) electrons. The second kappa shape index (κ2) is 7.11. The van der Waals surface area contributed by atoms with E-state index in [1.807, 2.05) is 6.26 Å². The van der Waals surface area contributed by atoms with Gasteiger partial charge in [0.15, 0.2) is 0 Å². The third kappa shape index (κ3) is 4.36. The molecule has 2 heterocycles. The molecule has 1 aliphatic heterocycles. The van der Waals surface area contributed by atoms with Gasteiger partial charge in [0, 0.05) is 24.7 Å². The normalized spacial score (nSPS) is 20.5. The molecule has 1 aliphatic rings. The predicted molar refractivity (Wildman–Crippen MR) is 79.0 cm³/mol. The highest BCUT2D eigenvalue weighted by Gasteiger charge is 2.23. The van der Waals surface area contributed by atoms with Crippen molar-refractivity contribution in [1.29, 1.82) is 0 Å². The molecule has 2 rings (SSSR count). The van der Waals surface area contributed by atoms with E-state index in [1.54, 1.807) is 0 Å². The lowest BCUT2D eigenvalue weighted by Gasteiger charge is -2.16. The Morgan fingerprint density at radius 1 is 1.47 bits per heavy atom. The molecule has 1 aromatic heterocycles. The van der Waals surface area contributed by atoms with Crippen LogP contribution in [0.4, 0.5) is 0 Å². The number of hydrogen-bond donors (Lipinski definition) is 1. The van der Waals surface area contributed by atoms with Crippen molar-refractivity contribution < 1.29 is 4.42 Å². The minimum Gasteiger partial charge on any atom is -0.468 e. The van der Waals surface area contributed by atoms with E-state index in [9.17, 15) is 0 Å². The fraction of sp³-hybridized carbons (Fsp3) is 0.750. The topological polar surface area (TPSA) is 28.4 Å². The van der Waals surface area contributed by atoms with Gasteiger partial charge in [0.1, 0.15) is 5.76 Å². The van der Waals surface area contributed by atoms with Gasteiger partial charge in [-0.15, -0.1) is 0 Å². The Balaban J connectivity index is 1.84. The van der Waals surface area contributed by atoms with Crippen molar-refractivity contribution >= 4 is 0 Å². The van der Waals surface area contributed by atoms with Gasteiger partial charge in [-0.05, 0) is 31.4 Å². The molecule has 1 N–H and O–H groups in total. The Kier molecular flexibility index (Phi) is 5.46. The summed E-state index contributed by atoms with van der Waals surface area (Å²) in [6, 6.07) is 2.62. The molecule has 3 heteroatoms. The van der Waals surface area contributed by atoms with Crippen LogP contribution in [0.3, 0.4) is 0 Å². The lowest BCUT2D eigenvalue weighted by Crippen LogP contribution is -2.24. The summed E-state index contributed by atoms with van der Waals surface area (Å²) in [6.07, 6.45) is 5.86. The molecule has 0 aliphatic carbocycles. The number of furan rings is 1. The average molecular weight is 264 g/mol. The zero-order valence-electron chi connectivity index (χ0n) is 12.6. The van der Waals surface area contributed by atoms with Gasteiger partial charge < -0.3 is 9.73 Å². The molecule has 1 atom stereocenters. The van der Waals surface area contributed by atoms with Crippen LogP contribution >= 0.6 is 0 Å². The molecule has 0 aromatic carbocycles. The molecule has 0 amide bonds. The molecule has 0 saturated carbocycles. The molecule has 1 aromatic rings. The first kappa shape index (κ1) is 14.6. The lowest BCUT2D eigenvalue weighted by atomic mass is 10.0. The van der Waals surface area contributed by atoms with E-state index in [4.69, 9.17) is 4.42 Å². The smallest absolute Gasteiger partial charge is 0.122 e. The van der Waals surface area contributed by atoms with Gasteiger partial charge in [0.05, 0.1) is 12.8 Å². The van der Waals surface area contributed by atoms with E-state index in [2.05, 4.69) is 37.1 Å². The Morgan fingerprint density at radius 3 is 3.05 bits per heavy atom. The molecule has 19 heavy (non-hydrogen) atoms. The number of nitrogens with one attached hydrogen (secondary N) is 1. The SMILES string of the molecule is CCCC1CCN(Cc2occc2CNC(C)C)C1. The molecule has 3 nitrogen and oxygen atoms in total. The van der Waals surface area contributed by atoms with Crippen LogP contribution in [-0.2, 0) is 13.1 Å².